The molecule has 3 aromatic rings. The highest BCUT2D eigenvalue weighted by atomic mass is 16.6. The maximum Gasteiger partial charge on any atom is 0.410 e. The fraction of sp³-hybridized carbons (Fsp3) is 0.450. The maximum atomic E-state index is 12.2. The first-order valence-corrected chi connectivity index (χ1v) is 9.55. The second-order valence-corrected chi connectivity index (χ2v) is 8.00. The van der Waals surface area contributed by atoms with E-state index in [2.05, 4.69) is 20.1 Å². The molecule has 152 valence electrons. The Bertz CT molecular complexity index is 969. The van der Waals surface area contributed by atoms with Crippen LogP contribution in [0.1, 0.15) is 45.4 Å². The van der Waals surface area contributed by atoms with Crippen molar-refractivity contribution in [3.8, 4) is 22.8 Å². The molecule has 9 heteroatoms. The Morgan fingerprint density at radius 2 is 2.00 bits per heavy atom. The molecule has 4 rings (SSSR count). The van der Waals surface area contributed by atoms with E-state index in [1.54, 1.807) is 11.1 Å². The molecule has 0 atom stereocenters. The lowest BCUT2D eigenvalue weighted by Crippen LogP contribution is -2.41. The zero-order chi connectivity index (χ0) is 20.4. The minimum Gasteiger partial charge on any atom is -0.451 e. The summed E-state index contributed by atoms with van der Waals surface area (Å²) < 4.78 is 15.9. The van der Waals surface area contributed by atoms with Gasteiger partial charge in [-0.3, -0.25) is 4.98 Å². The van der Waals surface area contributed by atoms with E-state index in [0.717, 1.165) is 18.4 Å². The van der Waals surface area contributed by atoms with E-state index in [4.69, 9.17) is 13.7 Å². The average Bonchev–Trinajstić information content (AvgIpc) is 3.39. The van der Waals surface area contributed by atoms with Crippen LogP contribution in [0.3, 0.4) is 0 Å². The fourth-order valence-electron chi connectivity index (χ4n) is 3.21. The van der Waals surface area contributed by atoms with Crippen LogP contribution in [-0.2, 0) is 4.74 Å². The molecule has 0 unspecified atom stereocenters. The van der Waals surface area contributed by atoms with Crippen LogP contribution in [0.5, 0.6) is 0 Å². The molecule has 3 aromatic heterocycles. The minimum absolute atomic E-state index is 0.142. The molecule has 29 heavy (non-hydrogen) atoms. The quantitative estimate of drug-likeness (QED) is 0.655. The smallest absolute Gasteiger partial charge is 0.410 e. The summed E-state index contributed by atoms with van der Waals surface area (Å²) in [7, 11) is 0. The first-order chi connectivity index (χ1) is 13.9. The fourth-order valence-corrected chi connectivity index (χ4v) is 3.21. The summed E-state index contributed by atoms with van der Waals surface area (Å²) in [4.78, 5) is 26.9. The number of piperidine rings is 1. The van der Waals surface area contributed by atoms with Crippen LogP contribution in [0.2, 0.25) is 0 Å². The van der Waals surface area contributed by atoms with Crippen molar-refractivity contribution in [3.05, 3.63) is 36.8 Å². The Morgan fingerprint density at radius 1 is 1.21 bits per heavy atom. The first-order valence-electron chi connectivity index (χ1n) is 9.55. The Balaban J connectivity index is 1.42. The highest BCUT2D eigenvalue weighted by Gasteiger charge is 2.29. The number of aromatic nitrogens is 4. The number of nitrogens with zero attached hydrogens (tertiary/aromatic N) is 5. The molecule has 0 bridgehead atoms. The summed E-state index contributed by atoms with van der Waals surface area (Å²) >= 11 is 0. The predicted octanol–water partition coefficient (Wildman–Crippen LogP) is 3.90. The van der Waals surface area contributed by atoms with Gasteiger partial charge in [0, 0.05) is 30.8 Å². The number of ether oxygens (including phenoxy) is 1. The molecular weight excluding hydrogens is 374 g/mol. The average molecular weight is 397 g/mol. The summed E-state index contributed by atoms with van der Waals surface area (Å²) in [5.74, 6) is 1.23. The molecule has 0 aliphatic carbocycles. The Morgan fingerprint density at radius 3 is 2.69 bits per heavy atom. The maximum absolute atomic E-state index is 12.2. The van der Waals surface area contributed by atoms with Crippen molar-refractivity contribution >= 4 is 6.09 Å². The zero-order valence-electron chi connectivity index (χ0n) is 16.7. The van der Waals surface area contributed by atoms with E-state index in [-0.39, 0.29) is 12.0 Å². The number of pyridine rings is 1. The molecule has 1 aliphatic rings. The van der Waals surface area contributed by atoms with Crippen molar-refractivity contribution in [2.75, 3.05) is 13.1 Å². The second kappa shape index (κ2) is 7.65. The van der Waals surface area contributed by atoms with Gasteiger partial charge in [-0.2, -0.15) is 4.98 Å². The number of carbonyl (C=O) groups excluding carboxylic acids is 1. The van der Waals surface area contributed by atoms with Crippen molar-refractivity contribution in [1.82, 2.24) is 25.0 Å². The summed E-state index contributed by atoms with van der Waals surface area (Å²) in [6, 6.07) is 3.65. The van der Waals surface area contributed by atoms with Gasteiger partial charge in [0.2, 0.25) is 0 Å². The van der Waals surface area contributed by atoms with Gasteiger partial charge in [0.25, 0.3) is 5.89 Å². The van der Waals surface area contributed by atoms with Gasteiger partial charge in [-0.05, 0) is 45.7 Å². The normalized spacial score (nSPS) is 15.5. The van der Waals surface area contributed by atoms with Gasteiger partial charge in [0.15, 0.2) is 12.2 Å². The molecule has 0 aromatic carbocycles. The zero-order valence-corrected chi connectivity index (χ0v) is 16.7. The summed E-state index contributed by atoms with van der Waals surface area (Å²) in [5.41, 5.74) is 1.58. The van der Waals surface area contributed by atoms with E-state index in [9.17, 15) is 4.79 Å². The lowest BCUT2D eigenvalue weighted by atomic mass is 9.96. The van der Waals surface area contributed by atoms with Crippen LogP contribution >= 0.6 is 0 Å². The molecule has 1 saturated heterocycles. The van der Waals surface area contributed by atoms with Crippen LogP contribution in [0.4, 0.5) is 4.79 Å². The highest BCUT2D eigenvalue weighted by molar-refractivity contribution is 5.68. The van der Waals surface area contributed by atoms with Gasteiger partial charge in [0.1, 0.15) is 17.6 Å². The third-order valence-corrected chi connectivity index (χ3v) is 4.66. The standard InChI is InChI=1S/C20H23N5O4/c1-20(2,3)28-19(26)25-8-5-13(6-9-25)17-23-18(29-24-17)14-4-7-21-15(10-14)16-11-27-12-22-16/h4,7,10-13H,5-6,8-9H2,1-3H3. The van der Waals surface area contributed by atoms with Crippen LogP contribution < -0.4 is 0 Å². The van der Waals surface area contributed by atoms with Crippen molar-refractivity contribution in [2.24, 2.45) is 0 Å². The molecule has 0 radical (unpaired) electrons. The molecule has 4 heterocycles. The van der Waals surface area contributed by atoms with Gasteiger partial charge in [-0.25, -0.2) is 9.78 Å². The minimum atomic E-state index is -0.494. The largest absolute Gasteiger partial charge is 0.451 e. The van der Waals surface area contributed by atoms with Crippen LogP contribution in [-0.4, -0.2) is 49.8 Å². The van der Waals surface area contributed by atoms with Gasteiger partial charge in [-0.1, -0.05) is 5.16 Å². The van der Waals surface area contributed by atoms with E-state index < -0.39 is 5.60 Å². The first kappa shape index (κ1) is 19.1. The third kappa shape index (κ3) is 4.44. The van der Waals surface area contributed by atoms with Gasteiger partial charge >= 0.3 is 6.09 Å². The summed E-state index contributed by atoms with van der Waals surface area (Å²) in [6.45, 7) is 6.81. The molecule has 1 amide bonds. The van der Waals surface area contributed by atoms with Gasteiger partial charge in [-0.15, -0.1) is 0 Å². The molecule has 1 aliphatic heterocycles. The van der Waals surface area contributed by atoms with Gasteiger partial charge in [0.05, 0.1) is 5.69 Å². The number of amides is 1. The Hall–Kier alpha value is -3.23. The molecular formula is C20H23N5O4. The molecule has 0 spiro atoms. The Kier molecular flexibility index (Phi) is 5.04. The predicted molar refractivity (Wildman–Crippen MR) is 103 cm³/mol. The highest BCUT2D eigenvalue weighted by Crippen LogP contribution is 2.29. The SMILES string of the molecule is CC(C)(C)OC(=O)N1CCC(c2noc(-c3ccnc(-c4cocn4)c3)n2)CC1. The van der Waals surface area contributed by atoms with E-state index in [1.807, 2.05) is 32.9 Å². The lowest BCUT2D eigenvalue weighted by molar-refractivity contribution is 0.0203. The monoisotopic (exact) mass is 397 g/mol. The van der Waals surface area contributed by atoms with E-state index in [0.29, 0.717) is 36.2 Å². The van der Waals surface area contributed by atoms with Crippen LogP contribution in [0.25, 0.3) is 22.8 Å². The number of oxazole rings is 1. The number of likely N-dealkylation sites (tertiary alicyclic amines) is 1. The summed E-state index contributed by atoms with van der Waals surface area (Å²) in [5, 5.41) is 4.16. The second-order valence-electron chi connectivity index (χ2n) is 8.00. The molecule has 1 fully saturated rings. The van der Waals surface area contributed by atoms with Crippen molar-refractivity contribution in [2.45, 2.75) is 45.1 Å². The van der Waals surface area contributed by atoms with Crippen LogP contribution in [0.15, 0.2) is 39.9 Å². The topological polar surface area (TPSA) is 107 Å². The van der Waals surface area contributed by atoms with Gasteiger partial charge < -0.3 is 18.6 Å². The van der Waals surface area contributed by atoms with Crippen molar-refractivity contribution < 1.29 is 18.5 Å². The van der Waals surface area contributed by atoms with Crippen molar-refractivity contribution in [3.63, 3.8) is 0 Å². The number of carbonyl (C=O) groups is 1. The number of rotatable bonds is 3. The van der Waals surface area contributed by atoms with Crippen molar-refractivity contribution in [1.29, 1.82) is 0 Å². The van der Waals surface area contributed by atoms with E-state index in [1.165, 1.54) is 12.7 Å². The van der Waals surface area contributed by atoms with Crippen LogP contribution in [0, 0.1) is 0 Å². The summed E-state index contributed by atoms with van der Waals surface area (Å²) in [6.07, 6.45) is 5.81. The molecule has 9 nitrogen and oxygen atoms in total. The number of hydrogen-bond donors (Lipinski definition) is 0. The lowest BCUT2D eigenvalue weighted by Gasteiger charge is -2.32. The number of hydrogen-bond acceptors (Lipinski definition) is 8. The Labute approximate surface area is 168 Å². The van der Waals surface area contributed by atoms with E-state index >= 15 is 0 Å². The molecule has 0 N–H and O–H groups in total. The third-order valence-electron chi connectivity index (χ3n) is 4.66. The molecule has 0 saturated carbocycles.